The first-order valence-corrected chi connectivity index (χ1v) is 8.66. The highest BCUT2D eigenvalue weighted by molar-refractivity contribution is 6.39. The lowest BCUT2D eigenvalue weighted by atomic mass is 10.1. The van der Waals surface area contributed by atoms with Crippen molar-refractivity contribution in [2.75, 3.05) is 11.9 Å². The SMILES string of the molecule is O=C(COC(=O)Cc1ccc2ccccc2c1)Nc1c(Cl)cccc1Cl. The van der Waals surface area contributed by atoms with Crippen LogP contribution in [0.15, 0.2) is 60.7 Å². The fourth-order valence-corrected chi connectivity index (χ4v) is 3.00. The first-order valence-electron chi connectivity index (χ1n) is 7.90. The number of para-hydroxylation sites is 1. The number of fused-ring (bicyclic) bond motifs is 1. The molecule has 0 unspecified atom stereocenters. The lowest BCUT2D eigenvalue weighted by Gasteiger charge is -2.09. The summed E-state index contributed by atoms with van der Waals surface area (Å²) in [7, 11) is 0. The Labute approximate surface area is 160 Å². The zero-order valence-corrected chi connectivity index (χ0v) is 15.2. The second-order valence-corrected chi connectivity index (χ2v) is 6.48. The Hall–Kier alpha value is -2.56. The summed E-state index contributed by atoms with van der Waals surface area (Å²) < 4.78 is 5.03. The molecule has 26 heavy (non-hydrogen) atoms. The van der Waals surface area contributed by atoms with Crippen molar-refractivity contribution in [1.29, 1.82) is 0 Å². The number of esters is 1. The Balaban J connectivity index is 1.55. The predicted octanol–water partition coefficient (Wildman–Crippen LogP) is 4.87. The Morgan fingerprint density at radius 1 is 0.885 bits per heavy atom. The average molecular weight is 388 g/mol. The van der Waals surface area contributed by atoms with Gasteiger partial charge >= 0.3 is 5.97 Å². The van der Waals surface area contributed by atoms with Crippen molar-refractivity contribution >= 4 is 51.5 Å². The second kappa shape index (κ2) is 8.21. The molecule has 3 aromatic carbocycles. The molecular formula is C20H15Cl2NO3. The number of rotatable bonds is 5. The van der Waals surface area contributed by atoms with Crippen LogP contribution in [0, 0.1) is 0 Å². The summed E-state index contributed by atoms with van der Waals surface area (Å²) in [5.41, 5.74) is 1.12. The number of hydrogen-bond acceptors (Lipinski definition) is 3. The third-order valence-corrected chi connectivity index (χ3v) is 4.38. The van der Waals surface area contributed by atoms with E-state index >= 15 is 0 Å². The van der Waals surface area contributed by atoms with Gasteiger partial charge in [-0.25, -0.2) is 0 Å². The molecule has 0 aliphatic heterocycles. The number of carbonyl (C=O) groups excluding carboxylic acids is 2. The van der Waals surface area contributed by atoms with E-state index in [-0.39, 0.29) is 6.42 Å². The molecule has 0 radical (unpaired) electrons. The van der Waals surface area contributed by atoms with E-state index < -0.39 is 18.5 Å². The highest BCUT2D eigenvalue weighted by atomic mass is 35.5. The van der Waals surface area contributed by atoms with Gasteiger partial charge in [0.25, 0.3) is 5.91 Å². The minimum absolute atomic E-state index is 0.0883. The smallest absolute Gasteiger partial charge is 0.310 e. The quantitative estimate of drug-likeness (QED) is 0.635. The molecule has 1 N–H and O–H groups in total. The molecule has 1 amide bonds. The van der Waals surface area contributed by atoms with Gasteiger partial charge in [-0.05, 0) is 28.5 Å². The molecule has 0 aliphatic rings. The first kappa shape index (κ1) is 18.2. The molecular weight excluding hydrogens is 373 g/mol. The van der Waals surface area contributed by atoms with Crippen LogP contribution in [0.3, 0.4) is 0 Å². The minimum Gasteiger partial charge on any atom is -0.455 e. The molecule has 3 rings (SSSR count). The van der Waals surface area contributed by atoms with Gasteiger partial charge in [-0.15, -0.1) is 0 Å². The molecule has 0 aromatic heterocycles. The van der Waals surface area contributed by atoms with Crippen LogP contribution in [0.5, 0.6) is 0 Å². The monoisotopic (exact) mass is 387 g/mol. The third-order valence-electron chi connectivity index (χ3n) is 3.75. The maximum atomic E-state index is 12.0. The van der Waals surface area contributed by atoms with Crippen LogP contribution in [0.4, 0.5) is 5.69 Å². The average Bonchev–Trinajstić information content (AvgIpc) is 2.63. The van der Waals surface area contributed by atoms with Crippen molar-refractivity contribution in [2.24, 2.45) is 0 Å². The summed E-state index contributed by atoms with van der Waals surface area (Å²) in [5, 5.41) is 5.31. The van der Waals surface area contributed by atoms with Crippen LogP contribution in [-0.4, -0.2) is 18.5 Å². The molecule has 0 aliphatic carbocycles. The van der Waals surface area contributed by atoms with Gasteiger partial charge in [-0.3, -0.25) is 9.59 Å². The van der Waals surface area contributed by atoms with Crippen LogP contribution in [0.2, 0.25) is 10.0 Å². The molecule has 3 aromatic rings. The maximum absolute atomic E-state index is 12.0. The summed E-state index contributed by atoms with van der Waals surface area (Å²) in [6, 6.07) is 18.5. The van der Waals surface area contributed by atoms with Crippen molar-refractivity contribution in [3.8, 4) is 0 Å². The molecule has 6 heteroatoms. The van der Waals surface area contributed by atoms with Gasteiger partial charge < -0.3 is 10.1 Å². The summed E-state index contributed by atoms with van der Waals surface area (Å²) >= 11 is 12.0. The van der Waals surface area contributed by atoms with E-state index in [4.69, 9.17) is 27.9 Å². The van der Waals surface area contributed by atoms with Gasteiger partial charge in [0.2, 0.25) is 0 Å². The second-order valence-electron chi connectivity index (χ2n) is 5.66. The zero-order chi connectivity index (χ0) is 18.5. The largest absolute Gasteiger partial charge is 0.455 e. The van der Waals surface area contributed by atoms with Gasteiger partial charge in [0, 0.05) is 0 Å². The lowest BCUT2D eigenvalue weighted by molar-refractivity contribution is -0.146. The van der Waals surface area contributed by atoms with Gasteiger partial charge in [-0.1, -0.05) is 71.7 Å². The Morgan fingerprint density at radius 2 is 1.58 bits per heavy atom. The van der Waals surface area contributed by atoms with Crippen LogP contribution in [-0.2, 0) is 20.7 Å². The maximum Gasteiger partial charge on any atom is 0.310 e. The number of amides is 1. The van der Waals surface area contributed by atoms with Gasteiger partial charge in [0.05, 0.1) is 22.2 Å². The number of hydrogen-bond donors (Lipinski definition) is 1. The highest BCUT2D eigenvalue weighted by Gasteiger charge is 2.12. The summed E-state index contributed by atoms with van der Waals surface area (Å²) in [6.07, 6.45) is 0.0883. The molecule has 0 saturated heterocycles. The first-order chi connectivity index (χ1) is 12.5. The van der Waals surface area contributed by atoms with Crippen LogP contribution < -0.4 is 5.32 Å². The fourth-order valence-electron chi connectivity index (χ4n) is 2.51. The number of nitrogens with one attached hydrogen (secondary N) is 1. The van der Waals surface area contributed by atoms with E-state index in [0.29, 0.717) is 15.7 Å². The number of benzene rings is 3. The molecule has 0 fully saturated rings. The third kappa shape index (κ3) is 4.54. The summed E-state index contributed by atoms with van der Waals surface area (Å²) in [5.74, 6) is -0.993. The predicted molar refractivity (Wildman–Crippen MR) is 104 cm³/mol. The Bertz CT molecular complexity index is 952. The molecule has 0 heterocycles. The van der Waals surface area contributed by atoms with Gasteiger partial charge in [-0.2, -0.15) is 0 Å². The molecule has 4 nitrogen and oxygen atoms in total. The van der Waals surface area contributed by atoms with E-state index in [1.54, 1.807) is 18.2 Å². The number of halogens is 2. The topological polar surface area (TPSA) is 55.4 Å². The number of ether oxygens (including phenoxy) is 1. The molecule has 132 valence electrons. The van der Waals surface area contributed by atoms with Crippen LogP contribution in [0.25, 0.3) is 10.8 Å². The van der Waals surface area contributed by atoms with Crippen molar-refractivity contribution in [1.82, 2.24) is 0 Å². The van der Waals surface area contributed by atoms with Gasteiger partial charge in [0.15, 0.2) is 6.61 Å². The molecule has 0 atom stereocenters. The summed E-state index contributed by atoms with van der Waals surface area (Å²) in [6.45, 7) is -0.409. The highest BCUT2D eigenvalue weighted by Crippen LogP contribution is 2.29. The standard InChI is InChI=1S/C20H15Cl2NO3/c21-16-6-3-7-17(22)20(16)23-18(24)12-26-19(25)11-13-8-9-14-4-1-2-5-15(14)10-13/h1-10H,11-12H2,(H,23,24). The fraction of sp³-hybridized carbons (Fsp3) is 0.100. The van der Waals surface area contributed by atoms with Crippen LogP contribution in [0.1, 0.15) is 5.56 Å². The van der Waals surface area contributed by atoms with E-state index in [1.807, 2.05) is 42.5 Å². The molecule has 0 saturated carbocycles. The van der Waals surface area contributed by atoms with Crippen molar-refractivity contribution in [3.05, 3.63) is 76.3 Å². The Kier molecular flexibility index (Phi) is 5.76. The normalized spacial score (nSPS) is 10.5. The van der Waals surface area contributed by atoms with Crippen LogP contribution >= 0.6 is 23.2 Å². The van der Waals surface area contributed by atoms with Crippen molar-refractivity contribution in [2.45, 2.75) is 6.42 Å². The van der Waals surface area contributed by atoms with Crippen molar-refractivity contribution < 1.29 is 14.3 Å². The Morgan fingerprint density at radius 3 is 2.31 bits per heavy atom. The minimum atomic E-state index is -0.508. The lowest BCUT2D eigenvalue weighted by Crippen LogP contribution is -2.22. The number of carbonyl (C=O) groups is 2. The number of anilines is 1. The zero-order valence-electron chi connectivity index (χ0n) is 13.7. The van der Waals surface area contributed by atoms with E-state index in [9.17, 15) is 9.59 Å². The molecule has 0 bridgehead atoms. The van der Waals surface area contributed by atoms with Gasteiger partial charge in [0.1, 0.15) is 0 Å². The van der Waals surface area contributed by atoms with E-state index in [1.165, 1.54) is 0 Å². The van der Waals surface area contributed by atoms with E-state index in [0.717, 1.165) is 16.3 Å². The van der Waals surface area contributed by atoms with E-state index in [2.05, 4.69) is 5.32 Å². The van der Waals surface area contributed by atoms with Crippen molar-refractivity contribution in [3.63, 3.8) is 0 Å². The molecule has 0 spiro atoms. The summed E-state index contributed by atoms with van der Waals surface area (Å²) in [4.78, 5) is 23.9.